The first-order valence-electron chi connectivity index (χ1n) is 10.2. The number of nitrogens with one attached hydrogen (secondary N) is 2. The Morgan fingerprint density at radius 1 is 1.10 bits per heavy atom. The number of hydrogen-bond donors (Lipinski definition) is 2. The van der Waals surface area contributed by atoms with Gasteiger partial charge in [0.15, 0.2) is 0 Å². The largest absolute Gasteiger partial charge is 0.497 e. The van der Waals surface area contributed by atoms with Gasteiger partial charge in [0.2, 0.25) is 0 Å². The van der Waals surface area contributed by atoms with E-state index < -0.39 is 5.82 Å². The summed E-state index contributed by atoms with van der Waals surface area (Å²) in [6, 6.07) is 12.1. The summed E-state index contributed by atoms with van der Waals surface area (Å²) in [7, 11) is 1.61. The first-order chi connectivity index (χ1) is 14.7. The average Bonchev–Trinajstić information content (AvgIpc) is 2.73. The summed E-state index contributed by atoms with van der Waals surface area (Å²) in [4.78, 5) is 20.5. The molecular formula is C25H26FN3O2. The zero-order valence-electron chi connectivity index (χ0n) is 18.3. The molecule has 6 heteroatoms. The van der Waals surface area contributed by atoms with Crippen LogP contribution >= 0.6 is 0 Å². The number of pyridine rings is 2. The third-order valence-electron chi connectivity index (χ3n) is 5.85. The molecule has 160 valence electrons. The topological polar surface area (TPSA) is 67.0 Å². The quantitative estimate of drug-likeness (QED) is 0.414. The van der Waals surface area contributed by atoms with E-state index in [-0.39, 0.29) is 17.0 Å². The molecule has 1 atom stereocenters. The van der Waals surface area contributed by atoms with Crippen LogP contribution in [0.4, 0.5) is 10.2 Å². The zero-order chi connectivity index (χ0) is 22.3. The maximum absolute atomic E-state index is 14.2. The third-order valence-corrected chi connectivity index (χ3v) is 5.85. The van der Waals surface area contributed by atoms with Crippen molar-refractivity contribution >= 4 is 27.5 Å². The second-order valence-electron chi connectivity index (χ2n) is 8.87. The average molecular weight is 420 g/mol. The molecule has 0 amide bonds. The van der Waals surface area contributed by atoms with Crippen molar-refractivity contribution in [2.45, 2.75) is 33.7 Å². The highest BCUT2D eigenvalue weighted by atomic mass is 19.1. The van der Waals surface area contributed by atoms with Gasteiger partial charge in [0.1, 0.15) is 17.4 Å². The highest BCUT2D eigenvalue weighted by molar-refractivity contribution is 6.13. The minimum atomic E-state index is -0.399. The van der Waals surface area contributed by atoms with E-state index in [1.165, 1.54) is 12.1 Å². The summed E-state index contributed by atoms with van der Waals surface area (Å²) in [5, 5.41) is 5.10. The Labute approximate surface area is 180 Å². The van der Waals surface area contributed by atoms with Gasteiger partial charge in [0.05, 0.1) is 18.0 Å². The SMILES string of the molecule is COc1ccc(-c2c[nH]c(=O)c3c2nc(NC(C)C(C)(C)C)c2ccc(F)cc23)cc1. The van der Waals surface area contributed by atoms with E-state index in [4.69, 9.17) is 9.72 Å². The molecule has 0 radical (unpaired) electrons. The number of benzene rings is 2. The molecular weight excluding hydrogens is 393 g/mol. The Morgan fingerprint density at radius 2 is 1.81 bits per heavy atom. The first kappa shape index (κ1) is 20.8. The first-order valence-corrected chi connectivity index (χ1v) is 10.2. The van der Waals surface area contributed by atoms with Gasteiger partial charge in [-0.15, -0.1) is 0 Å². The number of hydrogen-bond acceptors (Lipinski definition) is 4. The highest BCUT2D eigenvalue weighted by Crippen LogP contribution is 2.35. The summed E-state index contributed by atoms with van der Waals surface area (Å²) in [5.41, 5.74) is 1.84. The van der Waals surface area contributed by atoms with E-state index in [0.717, 1.165) is 16.9 Å². The van der Waals surface area contributed by atoms with Crippen LogP contribution in [0.3, 0.4) is 0 Å². The molecule has 0 saturated heterocycles. The lowest BCUT2D eigenvalue weighted by atomic mass is 9.88. The number of anilines is 1. The minimum Gasteiger partial charge on any atom is -0.497 e. The normalized spacial score (nSPS) is 12.8. The van der Waals surface area contributed by atoms with Crippen LogP contribution in [0.1, 0.15) is 27.7 Å². The van der Waals surface area contributed by atoms with Gasteiger partial charge in [0.25, 0.3) is 5.56 Å². The van der Waals surface area contributed by atoms with Crippen molar-refractivity contribution in [3.8, 4) is 16.9 Å². The zero-order valence-corrected chi connectivity index (χ0v) is 18.3. The van der Waals surface area contributed by atoms with Crippen LogP contribution in [-0.2, 0) is 0 Å². The number of methoxy groups -OCH3 is 1. The Kier molecular flexibility index (Phi) is 5.17. The van der Waals surface area contributed by atoms with Gasteiger partial charge in [-0.05, 0) is 48.2 Å². The number of H-pyrrole nitrogens is 1. The van der Waals surface area contributed by atoms with Crippen molar-refractivity contribution in [3.05, 3.63) is 64.8 Å². The molecule has 1 unspecified atom stereocenters. The number of rotatable bonds is 4. The Bertz CT molecular complexity index is 1320. The van der Waals surface area contributed by atoms with Crippen LogP contribution in [0.25, 0.3) is 32.8 Å². The van der Waals surface area contributed by atoms with Crippen molar-refractivity contribution in [1.29, 1.82) is 0 Å². The predicted molar refractivity (Wildman–Crippen MR) is 124 cm³/mol. The summed E-state index contributed by atoms with van der Waals surface area (Å²) in [5.74, 6) is 0.966. The number of ether oxygens (including phenoxy) is 1. The van der Waals surface area contributed by atoms with Gasteiger partial charge in [-0.1, -0.05) is 32.9 Å². The molecule has 0 bridgehead atoms. The summed E-state index contributed by atoms with van der Waals surface area (Å²) >= 11 is 0. The van der Waals surface area contributed by atoms with Gasteiger partial charge in [-0.25, -0.2) is 9.37 Å². The van der Waals surface area contributed by atoms with Gasteiger partial charge < -0.3 is 15.0 Å². The van der Waals surface area contributed by atoms with Gasteiger partial charge >= 0.3 is 0 Å². The molecule has 0 aliphatic carbocycles. The monoisotopic (exact) mass is 419 g/mol. The van der Waals surface area contributed by atoms with Crippen LogP contribution in [0.5, 0.6) is 5.75 Å². The van der Waals surface area contributed by atoms with Gasteiger partial charge in [0, 0.05) is 28.6 Å². The van der Waals surface area contributed by atoms with Crippen LogP contribution in [0.2, 0.25) is 0 Å². The second-order valence-corrected chi connectivity index (χ2v) is 8.87. The van der Waals surface area contributed by atoms with Crippen LogP contribution in [0, 0.1) is 11.2 Å². The molecule has 2 N–H and O–H groups in total. The molecule has 2 heterocycles. The van der Waals surface area contributed by atoms with Crippen molar-refractivity contribution < 1.29 is 9.13 Å². The smallest absolute Gasteiger partial charge is 0.258 e. The lowest BCUT2D eigenvalue weighted by molar-refractivity contribution is 0.359. The molecule has 0 saturated carbocycles. The highest BCUT2D eigenvalue weighted by Gasteiger charge is 2.22. The van der Waals surface area contributed by atoms with Crippen molar-refractivity contribution in [1.82, 2.24) is 9.97 Å². The lowest BCUT2D eigenvalue weighted by Crippen LogP contribution is -2.31. The fourth-order valence-electron chi connectivity index (χ4n) is 3.51. The molecule has 0 spiro atoms. The van der Waals surface area contributed by atoms with Gasteiger partial charge in [-0.2, -0.15) is 0 Å². The van der Waals surface area contributed by atoms with Crippen molar-refractivity contribution in [2.24, 2.45) is 5.41 Å². The van der Waals surface area contributed by atoms with Crippen molar-refractivity contribution in [3.63, 3.8) is 0 Å². The summed E-state index contributed by atoms with van der Waals surface area (Å²) in [6.07, 6.45) is 1.65. The molecule has 2 aromatic carbocycles. The molecule has 4 aromatic rings. The van der Waals surface area contributed by atoms with Crippen LogP contribution in [-0.4, -0.2) is 23.1 Å². The molecule has 5 nitrogen and oxygen atoms in total. The fraction of sp³-hybridized carbons (Fsp3) is 0.280. The third kappa shape index (κ3) is 3.85. The maximum Gasteiger partial charge on any atom is 0.258 e. The molecule has 0 aliphatic rings. The van der Waals surface area contributed by atoms with E-state index in [1.54, 1.807) is 19.4 Å². The maximum atomic E-state index is 14.2. The molecule has 31 heavy (non-hydrogen) atoms. The summed E-state index contributed by atoms with van der Waals surface area (Å²) < 4.78 is 19.5. The minimum absolute atomic E-state index is 0.0179. The number of nitrogens with zero attached hydrogens (tertiary/aromatic N) is 1. The van der Waals surface area contributed by atoms with E-state index in [1.807, 2.05) is 24.3 Å². The predicted octanol–water partition coefficient (Wildman–Crippen LogP) is 5.74. The standard InChI is InChI=1S/C25H26FN3O2/c1-14(25(2,3)4)28-23-18-11-8-16(26)12-19(18)21-22(29-23)20(13-27-24(21)30)15-6-9-17(31-5)10-7-15/h6-14H,1-5H3,(H,27,30)(H,28,29). The van der Waals surface area contributed by atoms with Crippen molar-refractivity contribution in [2.75, 3.05) is 12.4 Å². The Balaban J connectivity index is 2.04. The van der Waals surface area contributed by atoms with E-state index in [0.29, 0.717) is 27.5 Å². The molecule has 4 rings (SSSR count). The van der Waals surface area contributed by atoms with E-state index in [2.05, 4.69) is 38.0 Å². The molecule has 2 aromatic heterocycles. The molecule has 0 fully saturated rings. The van der Waals surface area contributed by atoms with Gasteiger partial charge in [-0.3, -0.25) is 4.79 Å². The Morgan fingerprint density at radius 3 is 2.45 bits per heavy atom. The Hall–Kier alpha value is -3.41. The van der Waals surface area contributed by atoms with E-state index >= 15 is 0 Å². The molecule has 0 aliphatic heterocycles. The fourth-order valence-corrected chi connectivity index (χ4v) is 3.51. The number of halogens is 1. The second kappa shape index (κ2) is 7.69. The number of aromatic nitrogens is 2. The van der Waals surface area contributed by atoms with Crippen LogP contribution < -0.4 is 15.6 Å². The number of aromatic amines is 1. The summed E-state index contributed by atoms with van der Waals surface area (Å²) in [6.45, 7) is 8.51. The van der Waals surface area contributed by atoms with Crippen LogP contribution in [0.15, 0.2) is 53.5 Å². The lowest BCUT2D eigenvalue weighted by Gasteiger charge is -2.29. The van der Waals surface area contributed by atoms with E-state index in [9.17, 15) is 9.18 Å². The number of fused-ring (bicyclic) bond motifs is 3.